The summed E-state index contributed by atoms with van der Waals surface area (Å²) in [7, 11) is 0. The van der Waals surface area contributed by atoms with E-state index in [2.05, 4.69) is 10.2 Å². The molecule has 1 rings (SSSR count). The molecule has 0 unspecified atom stereocenters. The van der Waals surface area contributed by atoms with Gasteiger partial charge < -0.3 is 10.1 Å². The molecule has 0 bridgehead atoms. The van der Waals surface area contributed by atoms with Crippen LogP contribution in [0.2, 0.25) is 0 Å². The number of alkyl halides is 3. The summed E-state index contributed by atoms with van der Waals surface area (Å²) in [6, 6.07) is 0. The van der Waals surface area contributed by atoms with Crippen molar-refractivity contribution in [1.29, 1.82) is 0 Å². The molecule has 0 aromatic rings. The molecule has 0 radical (unpaired) electrons. The average molecular weight is 311 g/mol. The highest BCUT2D eigenvalue weighted by Crippen LogP contribution is 2.17. The van der Waals surface area contributed by atoms with Gasteiger partial charge in [0.25, 0.3) is 0 Å². The Kier molecular flexibility index (Phi) is 9.23. The molecular formula is C14H28F3N3O. The average Bonchev–Trinajstić information content (AvgIpc) is 2.42. The molecule has 0 aromatic carbocycles. The van der Waals surface area contributed by atoms with E-state index in [0.29, 0.717) is 13.1 Å². The topological polar surface area (TPSA) is 27.7 Å². The van der Waals surface area contributed by atoms with E-state index in [1.165, 1.54) is 4.90 Å². The molecule has 7 heteroatoms. The predicted octanol–water partition coefficient (Wildman–Crippen LogP) is 1.57. The third-order valence-electron chi connectivity index (χ3n) is 3.57. The van der Waals surface area contributed by atoms with Gasteiger partial charge in [0.15, 0.2) is 0 Å². The second-order valence-corrected chi connectivity index (χ2v) is 5.39. The van der Waals surface area contributed by atoms with Gasteiger partial charge in [-0.1, -0.05) is 0 Å². The normalized spacial score (nSPS) is 18.3. The van der Waals surface area contributed by atoms with E-state index in [1.54, 1.807) is 0 Å². The van der Waals surface area contributed by atoms with Gasteiger partial charge in [-0.3, -0.25) is 9.80 Å². The molecule has 21 heavy (non-hydrogen) atoms. The number of nitrogens with zero attached hydrogens (tertiary/aromatic N) is 2. The molecule has 1 aliphatic heterocycles. The van der Waals surface area contributed by atoms with Crippen LogP contribution < -0.4 is 5.32 Å². The molecule has 126 valence electrons. The fraction of sp³-hybridized carbons (Fsp3) is 1.00. The van der Waals surface area contributed by atoms with Crippen molar-refractivity contribution in [2.45, 2.75) is 25.9 Å². The minimum absolute atomic E-state index is 0.508. The zero-order valence-corrected chi connectivity index (χ0v) is 12.9. The lowest BCUT2D eigenvalue weighted by molar-refractivity contribution is -0.149. The van der Waals surface area contributed by atoms with Crippen LogP contribution >= 0.6 is 0 Å². The van der Waals surface area contributed by atoms with Crippen molar-refractivity contribution in [3.63, 3.8) is 0 Å². The van der Waals surface area contributed by atoms with Crippen molar-refractivity contribution in [3.8, 4) is 0 Å². The number of unbranched alkanes of at least 4 members (excludes halogenated alkanes) is 1. The van der Waals surface area contributed by atoms with Crippen LogP contribution in [0.1, 0.15) is 19.8 Å². The lowest BCUT2D eigenvalue weighted by atomic mass is 10.3. The Morgan fingerprint density at radius 3 is 2.29 bits per heavy atom. The Morgan fingerprint density at radius 1 is 1.00 bits per heavy atom. The molecule has 0 saturated carbocycles. The van der Waals surface area contributed by atoms with Crippen molar-refractivity contribution in [3.05, 3.63) is 0 Å². The molecule has 4 nitrogen and oxygen atoms in total. The first kappa shape index (κ1) is 18.7. The van der Waals surface area contributed by atoms with Crippen molar-refractivity contribution in [2.24, 2.45) is 0 Å². The van der Waals surface area contributed by atoms with Crippen LogP contribution in [0.4, 0.5) is 13.2 Å². The summed E-state index contributed by atoms with van der Waals surface area (Å²) in [5.74, 6) is 0. The van der Waals surface area contributed by atoms with E-state index in [-0.39, 0.29) is 0 Å². The van der Waals surface area contributed by atoms with Crippen molar-refractivity contribution in [1.82, 2.24) is 15.1 Å². The molecule has 1 N–H and O–H groups in total. The van der Waals surface area contributed by atoms with Gasteiger partial charge in [0, 0.05) is 52.5 Å². The molecule has 0 aliphatic carbocycles. The molecule has 0 aromatic heterocycles. The molecule has 0 atom stereocenters. The summed E-state index contributed by atoms with van der Waals surface area (Å²) in [4.78, 5) is 3.71. The molecule has 0 amide bonds. The Bertz CT molecular complexity index is 256. The fourth-order valence-electron chi connectivity index (χ4n) is 2.39. The monoisotopic (exact) mass is 311 g/mol. The first-order chi connectivity index (χ1) is 10.0. The van der Waals surface area contributed by atoms with Crippen molar-refractivity contribution < 1.29 is 17.9 Å². The number of hydrogen-bond donors (Lipinski definition) is 1. The third-order valence-corrected chi connectivity index (χ3v) is 3.57. The molecule has 1 fully saturated rings. The predicted molar refractivity (Wildman–Crippen MR) is 77.5 cm³/mol. The molecule has 1 saturated heterocycles. The lowest BCUT2D eigenvalue weighted by Gasteiger charge is -2.34. The van der Waals surface area contributed by atoms with Gasteiger partial charge in [-0.25, -0.2) is 0 Å². The van der Waals surface area contributed by atoms with E-state index < -0.39 is 12.7 Å². The van der Waals surface area contributed by atoms with Gasteiger partial charge in [-0.05, 0) is 26.3 Å². The Balaban J connectivity index is 1.94. The van der Waals surface area contributed by atoms with Gasteiger partial charge in [-0.15, -0.1) is 0 Å². The Hall–Kier alpha value is -0.370. The zero-order chi connectivity index (χ0) is 15.6. The minimum atomic E-state index is -4.08. The maximum atomic E-state index is 12.3. The van der Waals surface area contributed by atoms with Crippen LogP contribution in [0.25, 0.3) is 0 Å². The van der Waals surface area contributed by atoms with Crippen molar-refractivity contribution >= 4 is 0 Å². The molecule has 1 aliphatic rings. The first-order valence-electron chi connectivity index (χ1n) is 7.81. The minimum Gasteiger partial charge on any atom is -0.382 e. The number of piperazine rings is 1. The van der Waals surface area contributed by atoms with Crippen LogP contribution in [-0.4, -0.2) is 81.5 Å². The third kappa shape index (κ3) is 10.1. The maximum Gasteiger partial charge on any atom is 0.401 e. The van der Waals surface area contributed by atoms with E-state index in [9.17, 15) is 13.2 Å². The van der Waals surface area contributed by atoms with E-state index in [0.717, 1.165) is 58.8 Å². The van der Waals surface area contributed by atoms with E-state index >= 15 is 0 Å². The number of nitrogens with one attached hydrogen (secondary N) is 1. The first-order valence-corrected chi connectivity index (χ1v) is 7.81. The SMILES string of the molecule is CCOCCCCNCCN1CCN(CC(F)(F)F)CC1. The molecule has 0 spiro atoms. The number of ether oxygens (including phenoxy) is 1. The van der Waals surface area contributed by atoms with Crippen LogP contribution in [0, 0.1) is 0 Å². The number of halogens is 3. The van der Waals surface area contributed by atoms with Gasteiger partial charge >= 0.3 is 6.18 Å². The summed E-state index contributed by atoms with van der Waals surface area (Å²) < 4.78 is 42.0. The standard InChI is InChI=1S/C14H28F3N3O/c1-2-21-12-4-3-5-18-6-7-19-8-10-20(11-9-19)13-14(15,16)17/h18H,2-13H2,1H3. The summed E-state index contributed by atoms with van der Waals surface area (Å²) in [6.45, 7) is 8.05. The van der Waals surface area contributed by atoms with Crippen LogP contribution in [0.15, 0.2) is 0 Å². The van der Waals surface area contributed by atoms with Crippen LogP contribution in [0.5, 0.6) is 0 Å². The van der Waals surface area contributed by atoms with E-state index in [4.69, 9.17) is 4.74 Å². The fourth-order valence-corrected chi connectivity index (χ4v) is 2.39. The zero-order valence-electron chi connectivity index (χ0n) is 12.9. The summed E-state index contributed by atoms with van der Waals surface area (Å²) >= 11 is 0. The second-order valence-electron chi connectivity index (χ2n) is 5.39. The molecular weight excluding hydrogens is 283 g/mol. The number of rotatable bonds is 10. The summed E-state index contributed by atoms with van der Waals surface area (Å²) in [5.41, 5.74) is 0. The van der Waals surface area contributed by atoms with Crippen LogP contribution in [-0.2, 0) is 4.74 Å². The number of hydrogen-bond acceptors (Lipinski definition) is 4. The van der Waals surface area contributed by atoms with E-state index in [1.807, 2.05) is 6.92 Å². The van der Waals surface area contributed by atoms with Crippen molar-refractivity contribution in [2.75, 3.05) is 65.6 Å². The van der Waals surface area contributed by atoms with Gasteiger partial charge in [0.1, 0.15) is 0 Å². The highest BCUT2D eigenvalue weighted by atomic mass is 19.4. The lowest BCUT2D eigenvalue weighted by Crippen LogP contribution is -2.50. The quantitative estimate of drug-likeness (QED) is 0.620. The highest BCUT2D eigenvalue weighted by Gasteiger charge is 2.31. The second kappa shape index (κ2) is 10.4. The highest BCUT2D eigenvalue weighted by molar-refractivity contribution is 4.74. The maximum absolute atomic E-state index is 12.3. The van der Waals surface area contributed by atoms with Gasteiger partial charge in [-0.2, -0.15) is 13.2 Å². The molecule has 1 heterocycles. The largest absolute Gasteiger partial charge is 0.401 e. The van der Waals surface area contributed by atoms with Crippen LogP contribution in [0.3, 0.4) is 0 Å². The summed E-state index contributed by atoms with van der Waals surface area (Å²) in [5, 5.41) is 3.37. The van der Waals surface area contributed by atoms with Gasteiger partial charge in [0.2, 0.25) is 0 Å². The Morgan fingerprint density at radius 2 is 1.67 bits per heavy atom. The Labute approximate surface area is 125 Å². The smallest absolute Gasteiger partial charge is 0.382 e. The van der Waals surface area contributed by atoms with Gasteiger partial charge in [0.05, 0.1) is 6.54 Å². The summed E-state index contributed by atoms with van der Waals surface area (Å²) in [6.07, 6.45) is -1.92.